The third-order valence-corrected chi connectivity index (χ3v) is 5.05. The molecular formula is C21H19FN8O2. The zero-order valence-corrected chi connectivity index (χ0v) is 17.0. The molecule has 1 aliphatic carbocycles. The van der Waals surface area contributed by atoms with Gasteiger partial charge < -0.3 is 16.0 Å². The third kappa shape index (κ3) is 3.64. The first-order valence-corrected chi connectivity index (χ1v) is 10.0. The zero-order valence-electron chi connectivity index (χ0n) is 17.0. The summed E-state index contributed by atoms with van der Waals surface area (Å²) in [6.45, 7) is 0. The Labute approximate surface area is 181 Å². The van der Waals surface area contributed by atoms with Crippen LogP contribution < -0.4 is 21.5 Å². The van der Waals surface area contributed by atoms with E-state index in [9.17, 15) is 14.0 Å². The number of imidazole rings is 1. The van der Waals surface area contributed by atoms with Crippen molar-refractivity contribution in [2.45, 2.75) is 18.9 Å². The van der Waals surface area contributed by atoms with Crippen LogP contribution in [-0.2, 0) is 0 Å². The Bertz CT molecular complexity index is 1380. The standard InChI is InChI=1S/C21H19FN8O2/c1-23-15-9-17(28-30-16(11-25-19(15)30)20(31)26-13-5-6-13)27-14-3-2-8-29(21(14)32)18-7-4-12(22)10-24-18/h2-4,7-11,13,23H,5-6H2,1H3,(H,26,31)(H,27,28). The fourth-order valence-corrected chi connectivity index (χ4v) is 3.27. The summed E-state index contributed by atoms with van der Waals surface area (Å²) in [5.41, 5.74) is 1.26. The van der Waals surface area contributed by atoms with Crippen LogP contribution in [0.15, 0.2) is 53.7 Å². The molecule has 1 fully saturated rings. The summed E-state index contributed by atoms with van der Waals surface area (Å²) >= 11 is 0. The molecule has 3 N–H and O–H groups in total. The van der Waals surface area contributed by atoms with Gasteiger partial charge >= 0.3 is 0 Å². The minimum Gasteiger partial charge on any atom is -0.385 e. The maximum Gasteiger partial charge on any atom is 0.279 e. The summed E-state index contributed by atoms with van der Waals surface area (Å²) < 4.78 is 15.9. The number of carbonyl (C=O) groups is 1. The summed E-state index contributed by atoms with van der Waals surface area (Å²) in [5, 5.41) is 13.4. The van der Waals surface area contributed by atoms with E-state index < -0.39 is 11.4 Å². The van der Waals surface area contributed by atoms with E-state index in [0.29, 0.717) is 22.8 Å². The molecule has 0 radical (unpaired) electrons. The average Bonchev–Trinajstić information content (AvgIpc) is 3.50. The number of amides is 1. The van der Waals surface area contributed by atoms with E-state index in [2.05, 4.69) is 31.0 Å². The molecule has 1 amide bonds. The van der Waals surface area contributed by atoms with Gasteiger partial charge in [-0.2, -0.15) is 0 Å². The summed E-state index contributed by atoms with van der Waals surface area (Å²) in [5.74, 6) is -0.124. The molecule has 4 aromatic rings. The number of rotatable bonds is 6. The Kier molecular flexibility index (Phi) is 4.77. The molecule has 11 heteroatoms. The molecule has 0 atom stereocenters. The number of hydrogen-bond donors (Lipinski definition) is 3. The van der Waals surface area contributed by atoms with Crippen LogP contribution in [0.4, 0.5) is 21.6 Å². The Morgan fingerprint density at radius 3 is 2.72 bits per heavy atom. The van der Waals surface area contributed by atoms with Gasteiger partial charge in [-0.15, -0.1) is 5.10 Å². The number of carbonyl (C=O) groups excluding carboxylic acids is 1. The second-order valence-electron chi connectivity index (χ2n) is 7.38. The highest BCUT2D eigenvalue weighted by atomic mass is 19.1. The number of nitrogens with zero attached hydrogens (tertiary/aromatic N) is 5. The van der Waals surface area contributed by atoms with E-state index in [4.69, 9.17) is 0 Å². The first-order chi connectivity index (χ1) is 15.5. The summed E-state index contributed by atoms with van der Waals surface area (Å²) in [4.78, 5) is 33.8. The smallest absolute Gasteiger partial charge is 0.279 e. The largest absolute Gasteiger partial charge is 0.385 e. The van der Waals surface area contributed by atoms with Gasteiger partial charge in [-0.1, -0.05) is 0 Å². The molecular weight excluding hydrogens is 415 g/mol. The normalized spacial score (nSPS) is 13.2. The van der Waals surface area contributed by atoms with Crippen LogP contribution in [0, 0.1) is 5.82 Å². The van der Waals surface area contributed by atoms with Crippen LogP contribution in [0.1, 0.15) is 23.3 Å². The molecule has 4 aromatic heterocycles. The Hall–Kier alpha value is -4.28. The van der Waals surface area contributed by atoms with Gasteiger partial charge in [0, 0.05) is 25.4 Å². The molecule has 1 saturated carbocycles. The fourth-order valence-electron chi connectivity index (χ4n) is 3.27. The second kappa shape index (κ2) is 7.76. The van der Waals surface area contributed by atoms with Crippen molar-refractivity contribution in [2.75, 3.05) is 17.7 Å². The van der Waals surface area contributed by atoms with E-state index in [1.54, 1.807) is 31.4 Å². The molecule has 0 aromatic carbocycles. The number of aromatic nitrogens is 5. The van der Waals surface area contributed by atoms with Gasteiger partial charge in [0.15, 0.2) is 17.2 Å². The summed E-state index contributed by atoms with van der Waals surface area (Å²) in [6.07, 6.45) is 5.99. The van der Waals surface area contributed by atoms with E-state index in [1.165, 1.54) is 27.4 Å². The van der Waals surface area contributed by atoms with Crippen molar-refractivity contribution in [3.63, 3.8) is 0 Å². The van der Waals surface area contributed by atoms with Crippen LogP contribution in [0.5, 0.6) is 0 Å². The van der Waals surface area contributed by atoms with Crippen molar-refractivity contribution in [2.24, 2.45) is 0 Å². The fraction of sp³-hybridized carbons (Fsp3) is 0.190. The van der Waals surface area contributed by atoms with Gasteiger partial charge in [-0.25, -0.2) is 18.9 Å². The Morgan fingerprint density at radius 1 is 1.16 bits per heavy atom. The van der Waals surface area contributed by atoms with E-state index in [1.807, 2.05) is 0 Å². The molecule has 0 aliphatic heterocycles. The number of fused-ring (bicyclic) bond motifs is 1. The van der Waals surface area contributed by atoms with Crippen molar-refractivity contribution < 1.29 is 9.18 Å². The maximum absolute atomic E-state index is 13.2. The van der Waals surface area contributed by atoms with Gasteiger partial charge in [0.05, 0.1) is 18.1 Å². The molecule has 32 heavy (non-hydrogen) atoms. The predicted octanol–water partition coefficient (Wildman–Crippen LogP) is 2.09. The monoisotopic (exact) mass is 434 g/mol. The Morgan fingerprint density at radius 2 is 2.00 bits per heavy atom. The quantitative estimate of drug-likeness (QED) is 0.425. The number of anilines is 3. The lowest BCUT2D eigenvalue weighted by molar-refractivity contribution is 0.0944. The van der Waals surface area contributed by atoms with Gasteiger partial charge in [0.2, 0.25) is 0 Å². The van der Waals surface area contributed by atoms with Crippen molar-refractivity contribution in [1.29, 1.82) is 0 Å². The number of nitrogens with one attached hydrogen (secondary N) is 3. The lowest BCUT2D eigenvalue weighted by Crippen LogP contribution is -2.27. The van der Waals surface area contributed by atoms with Crippen LogP contribution in [0.25, 0.3) is 11.5 Å². The van der Waals surface area contributed by atoms with Gasteiger partial charge in [-0.3, -0.25) is 14.2 Å². The predicted molar refractivity (Wildman–Crippen MR) is 116 cm³/mol. The van der Waals surface area contributed by atoms with E-state index in [-0.39, 0.29) is 23.5 Å². The highest BCUT2D eigenvalue weighted by Crippen LogP contribution is 2.23. The van der Waals surface area contributed by atoms with Crippen LogP contribution in [-0.4, -0.2) is 43.1 Å². The second-order valence-corrected chi connectivity index (χ2v) is 7.38. The van der Waals surface area contributed by atoms with Crippen LogP contribution in [0.2, 0.25) is 0 Å². The average molecular weight is 434 g/mol. The minimum absolute atomic E-state index is 0.195. The van der Waals surface area contributed by atoms with Gasteiger partial charge in [0.25, 0.3) is 11.5 Å². The lowest BCUT2D eigenvalue weighted by Gasteiger charge is -2.11. The highest BCUT2D eigenvalue weighted by Gasteiger charge is 2.26. The highest BCUT2D eigenvalue weighted by molar-refractivity contribution is 5.94. The number of pyridine rings is 2. The van der Waals surface area contributed by atoms with Crippen molar-refractivity contribution in [1.82, 2.24) is 29.5 Å². The van der Waals surface area contributed by atoms with Crippen molar-refractivity contribution >= 4 is 28.7 Å². The number of halogens is 1. The van der Waals surface area contributed by atoms with E-state index >= 15 is 0 Å². The third-order valence-electron chi connectivity index (χ3n) is 5.05. The molecule has 162 valence electrons. The number of hydrogen-bond acceptors (Lipinski definition) is 7. The zero-order chi connectivity index (χ0) is 22.2. The topological polar surface area (TPSA) is 118 Å². The van der Waals surface area contributed by atoms with Crippen molar-refractivity contribution in [3.05, 3.63) is 70.8 Å². The lowest BCUT2D eigenvalue weighted by atomic mass is 10.3. The van der Waals surface area contributed by atoms with Crippen LogP contribution >= 0.6 is 0 Å². The summed E-state index contributed by atoms with van der Waals surface area (Å²) in [6, 6.07) is 7.80. The van der Waals surface area contributed by atoms with Crippen LogP contribution in [0.3, 0.4) is 0 Å². The first-order valence-electron chi connectivity index (χ1n) is 10.0. The minimum atomic E-state index is -0.491. The maximum atomic E-state index is 13.2. The molecule has 1 aliphatic rings. The van der Waals surface area contributed by atoms with Gasteiger partial charge in [-0.05, 0) is 37.1 Å². The molecule has 0 spiro atoms. The Balaban J connectivity index is 1.52. The first kappa shape index (κ1) is 19.7. The molecule has 10 nitrogen and oxygen atoms in total. The molecule has 0 unspecified atom stereocenters. The summed E-state index contributed by atoms with van der Waals surface area (Å²) in [7, 11) is 1.73. The van der Waals surface area contributed by atoms with Crippen molar-refractivity contribution in [3.8, 4) is 5.82 Å². The molecule has 4 heterocycles. The van der Waals surface area contributed by atoms with E-state index in [0.717, 1.165) is 19.0 Å². The molecule has 0 saturated heterocycles. The molecule has 0 bridgehead atoms. The SMILES string of the molecule is CNc1cc(Nc2cccn(-c3ccc(F)cn3)c2=O)nn2c(C(=O)NC3CC3)cnc12. The van der Waals surface area contributed by atoms with Gasteiger partial charge in [0.1, 0.15) is 17.3 Å². The molecule has 5 rings (SSSR count).